The molecule has 0 radical (unpaired) electrons. The Balaban J connectivity index is 1.44. The molecule has 1 amide bonds. The number of anilines is 1. The van der Waals surface area contributed by atoms with Crippen LogP contribution < -0.4 is 19.5 Å². The van der Waals surface area contributed by atoms with E-state index >= 15 is 0 Å². The minimum absolute atomic E-state index is 0.147. The molecule has 0 fully saturated rings. The third-order valence-corrected chi connectivity index (χ3v) is 4.36. The van der Waals surface area contributed by atoms with Crippen molar-refractivity contribution in [3.05, 3.63) is 72.6 Å². The summed E-state index contributed by atoms with van der Waals surface area (Å²) in [7, 11) is 3.13. The van der Waals surface area contributed by atoms with Crippen LogP contribution in [-0.2, 0) is 0 Å². The number of aromatic amines is 1. The Kier molecular flexibility index (Phi) is 5.75. The summed E-state index contributed by atoms with van der Waals surface area (Å²) >= 11 is 0. The summed E-state index contributed by atoms with van der Waals surface area (Å²) in [6, 6.07) is 15.6. The SMILES string of the molecule is COc1ccc(-c2nc(NC(=O)c3ccc(Oc4cccnc4)cc3)n[nH]2)c(OC)c1. The first kappa shape index (κ1) is 19.9. The normalized spacial score (nSPS) is 10.4. The second-order valence-corrected chi connectivity index (χ2v) is 6.34. The number of carbonyl (C=O) groups is 1. The van der Waals surface area contributed by atoms with Gasteiger partial charge in [0.2, 0.25) is 5.95 Å². The highest BCUT2D eigenvalue weighted by molar-refractivity contribution is 6.03. The Morgan fingerprint density at radius 1 is 0.968 bits per heavy atom. The van der Waals surface area contributed by atoms with Crippen LogP contribution in [0, 0.1) is 0 Å². The molecule has 9 nitrogen and oxygen atoms in total. The van der Waals surface area contributed by atoms with Crippen molar-refractivity contribution < 1.29 is 19.0 Å². The molecule has 0 saturated heterocycles. The fraction of sp³-hybridized carbons (Fsp3) is 0.0909. The van der Waals surface area contributed by atoms with Crippen molar-refractivity contribution in [3.63, 3.8) is 0 Å². The van der Waals surface area contributed by atoms with E-state index in [1.165, 1.54) is 0 Å². The predicted molar refractivity (Wildman–Crippen MR) is 114 cm³/mol. The molecule has 31 heavy (non-hydrogen) atoms. The second kappa shape index (κ2) is 8.95. The molecule has 2 aromatic heterocycles. The third kappa shape index (κ3) is 4.61. The quantitative estimate of drug-likeness (QED) is 0.469. The van der Waals surface area contributed by atoms with Gasteiger partial charge in [0.15, 0.2) is 5.82 Å². The zero-order valence-corrected chi connectivity index (χ0v) is 16.8. The van der Waals surface area contributed by atoms with Gasteiger partial charge in [-0.25, -0.2) is 0 Å². The number of carbonyl (C=O) groups excluding carboxylic acids is 1. The van der Waals surface area contributed by atoms with Crippen LogP contribution in [0.25, 0.3) is 11.4 Å². The van der Waals surface area contributed by atoms with Gasteiger partial charge in [0, 0.05) is 17.8 Å². The molecule has 2 aromatic carbocycles. The Hall–Kier alpha value is -4.40. The van der Waals surface area contributed by atoms with Crippen LogP contribution >= 0.6 is 0 Å². The van der Waals surface area contributed by atoms with Crippen molar-refractivity contribution >= 4 is 11.9 Å². The number of nitrogens with zero attached hydrogens (tertiary/aromatic N) is 3. The minimum atomic E-state index is -0.347. The van der Waals surface area contributed by atoms with Gasteiger partial charge in [0.25, 0.3) is 5.91 Å². The summed E-state index contributed by atoms with van der Waals surface area (Å²) in [5, 5.41) is 9.54. The highest BCUT2D eigenvalue weighted by Crippen LogP contribution is 2.31. The van der Waals surface area contributed by atoms with Gasteiger partial charge in [0.05, 0.1) is 26.0 Å². The van der Waals surface area contributed by atoms with Crippen LogP contribution in [0.2, 0.25) is 0 Å². The highest BCUT2D eigenvalue weighted by Gasteiger charge is 2.14. The number of rotatable bonds is 7. The Labute approximate surface area is 178 Å². The highest BCUT2D eigenvalue weighted by atomic mass is 16.5. The van der Waals surface area contributed by atoms with Crippen LogP contribution in [-0.4, -0.2) is 40.3 Å². The van der Waals surface area contributed by atoms with E-state index < -0.39 is 0 Å². The predicted octanol–water partition coefficient (Wildman–Crippen LogP) is 3.93. The number of benzene rings is 2. The maximum atomic E-state index is 12.5. The standard InChI is InChI=1S/C22H19N5O4/c1-29-16-9-10-18(19(12-16)30-2)20-24-22(27-26-20)25-21(28)14-5-7-15(8-6-14)31-17-4-3-11-23-13-17/h3-13H,1-2H3,(H2,24,25,26,27,28). The monoisotopic (exact) mass is 417 g/mol. The number of H-pyrrole nitrogens is 1. The van der Waals surface area contributed by atoms with Gasteiger partial charge in [0.1, 0.15) is 23.0 Å². The Morgan fingerprint density at radius 2 is 1.77 bits per heavy atom. The van der Waals surface area contributed by atoms with Gasteiger partial charge in [-0.3, -0.25) is 20.2 Å². The first-order chi connectivity index (χ1) is 15.2. The van der Waals surface area contributed by atoms with E-state index in [0.717, 1.165) is 0 Å². The zero-order valence-electron chi connectivity index (χ0n) is 16.8. The number of nitrogens with one attached hydrogen (secondary N) is 2. The lowest BCUT2D eigenvalue weighted by molar-refractivity contribution is 0.102. The molecular weight excluding hydrogens is 398 g/mol. The van der Waals surface area contributed by atoms with Gasteiger partial charge in [-0.05, 0) is 48.5 Å². The lowest BCUT2D eigenvalue weighted by atomic mass is 10.2. The topological polar surface area (TPSA) is 111 Å². The summed E-state index contributed by atoms with van der Waals surface area (Å²) in [6.45, 7) is 0. The molecule has 0 aliphatic heterocycles. The van der Waals surface area contributed by atoms with Crippen LogP contribution in [0.4, 0.5) is 5.95 Å². The van der Waals surface area contributed by atoms with Gasteiger partial charge in [-0.2, -0.15) is 4.98 Å². The van der Waals surface area contributed by atoms with Crippen molar-refractivity contribution in [2.75, 3.05) is 19.5 Å². The van der Waals surface area contributed by atoms with Crippen molar-refractivity contribution in [2.24, 2.45) is 0 Å². The molecule has 0 spiro atoms. The van der Waals surface area contributed by atoms with Crippen LogP contribution in [0.15, 0.2) is 67.0 Å². The Morgan fingerprint density at radius 3 is 2.48 bits per heavy atom. The van der Waals surface area contributed by atoms with Crippen molar-refractivity contribution in [3.8, 4) is 34.4 Å². The molecule has 2 heterocycles. The zero-order chi connectivity index (χ0) is 21.6. The number of amides is 1. The second-order valence-electron chi connectivity index (χ2n) is 6.34. The molecule has 156 valence electrons. The summed E-state index contributed by atoms with van der Waals surface area (Å²) in [6.07, 6.45) is 3.28. The van der Waals surface area contributed by atoms with E-state index in [9.17, 15) is 4.79 Å². The van der Waals surface area contributed by atoms with E-state index in [-0.39, 0.29) is 11.9 Å². The number of hydrogen-bond donors (Lipinski definition) is 2. The average molecular weight is 417 g/mol. The smallest absolute Gasteiger partial charge is 0.258 e. The number of aromatic nitrogens is 4. The van der Waals surface area contributed by atoms with Gasteiger partial charge in [-0.15, -0.1) is 5.10 Å². The molecular formula is C22H19N5O4. The van der Waals surface area contributed by atoms with E-state index in [1.807, 2.05) is 0 Å². The summed E-state index contributed by atoms with van der Waals surface area (Å²) < 4.78 is 16.3. The molecule has 2 N–H and O–H groups in total. The van der Waals surface area contributed by atoms with Crippen molar-refractivity contribution in [2.45, 2.75) is 0 Å². The molecule has 9 heteroatoms. The van der Waals surface area contributed by atoms with Gasteiger partial charge in [-0.1, -0.05) is 0 Å². The number of ether oxygens (including phenoxy) is 3. The lowest BCUT2D eigenvalue weighted by Crippen LogP contribution is -2.12. The summed E-state index contributed by atoms with van der Waals surface area (Å²) in [5.74, 6) is 2.68. The first-order valence-electron chi connectivity index (χ1n) is 9.30. The molecule has 0 aliphatic carbocycles. The average Bonchev–Trinajstić information content (AvgIpc) is 3.28. The molecule has 0 aliphatic rings. The van der Waals surface area contributed by atoms with Gasteiger partial charge >= 0.3 is 0 Å². The Bertz CT molecular complexity index is 1180. The number of methoxy groups -OCH3 is 2. The summed E-state index contributed by atoms with van der Waals surface area (Å²) in [5.41, 5.74) is 1.13. The minimum Gasteiger partial charge on any atom is -0.497 e. The van der Waals surface area contributed by atoms with Gasteiger partial charge < -0.3 is 14.2 Å². The fourth-order valence-electron chi connectivity index (χ4n) is 2.82. The largest absolute Gasteiger partial charge is 0.497 e. The maximum absolute atomic E-state index is 12.5. The molecule has 0 atom stereocenters. The number of pyridine rings is 1. The van der Waals surface area contributed by atoms with Crippen molar-refractivity contribution in [1.82, 2.24) is 20.2 Å². The number of hydrogen-bond acceptors (Lipinski definition) is 7. The van der Waals surface area contributed by atoms with Crippen LogP contribution in [0.5, 0.6) is 23.0 Å². The molecule has 4 rings (SSSR count). The van der Waals surface area contributed by atoms with E-state index in [1.54, 1.807) is 81.2 Å². The first-order valence-corrected chi connectivity index (χ1v) is 9.30. The molecule has 4 aromatic rings. The van der Waals surface area contributed by atoms with Crippen LogP contribution in [0.3, 0.4) is 0 Å². The lowest BCUT2D eigenvalue weighted by Gasteiger charge is -2.08. The van der Waals surface area contributed by atoms with E-state index in [0.29, 0.717) is 39.9 Å². The van der Waals surface area contributed by atoms with Crippen LogP contribution in [0.1, 0.15) is 10.4 Å². The summed E-state index contributed by atoms with van der Waals surface area (Å²) in [4.78, 5) is 20.9. The molecule has 0 bridgehead atoms. The fourth-order valence-corrected chi connectivity index (χ4v) is 2.82. The van der Waals surface area contributed by atoms with Crippen molar-refractivity contribution in [1.29, 1.82) is 0 Å². The third-order valence-electron chi connectivity index (χ3n) is 4.36. The van der Waals surface area contributed by atoms with E-state index in [4.69, 9.17) is 14.2 Å². The molecule has 0 saturated carbocycles. The maximum Gasteiger partial charge on any atom is 0.258 e. The molecule has 0 unspecified atom stereocenters. The van der Waals surface area contributed by atoms with E-state index in [2.05, 4.69) is 25.5 Å².